The number of ether oxygens (including phenoxy) is 1. The quantitative estimate of drug-likeness (QED) is 0.935. The van der Waals surface area contributed by atoms with Crippen LogP contribution in [0.2, 0.25) is 0 Å². The van der Waals surface area contributed by atoms with Crippen LogP contribution < -0.4 is 5.73 Å². The lowest BCUT2D eigenvalue weighted by molar-refractivity contribution is -0.0770. The molecule has 3 rings (SSSR count). The number of rotatable bonds is 4. The summed E-state index contributed by atoms with van der Waals surface area (Å²) in [5.74, 6) is 1.27. The first-order valence-electron chi connectivity index (χ1n) is 7.45. The van der Waals surface area contributed by atoms with Crippen molar-refractivity contribution in [1.29, 1.82) is 0 Å². The van der Waals surface area contributed by atoms with Gasteiger partial charge in [0.05, 0.1) is 6.42 Å². The fourth-order valence-electron chi connectivity index (χ4n) is 2.74. The van der Waals surface area contributed by atoms with Crippen molar-refractivity contribution in [2.45, 2.75) is 44.8 Å². The zero-order valence-electron chi connectivity index (χ0n) is 12.3. The molecule has 1 atom stereocenters. The summed E-state index contributed by atoms with van der Waals surface area (Å²) in [5, 5.41) is 4.12. The van der Waals surface area contributed by atoms with Crippen molar-refractivity contribution in [2.75, 3.05) is 6.61 Å². The third-order valence-corrected chi connectivity index (χ3v) is 4.09. The largest absolute Gasteiger partial charge is 0.367 e. The molecule has 1 fully saturated rings. The van der Waals surface area contributed by atoms with Crippen LogP contribution in [0.3, 0.4) is 0 Å². The highest BCUT2D eigenvalue weighted by Gasteiger charge is 2.34. The van der Waals surface area contributed by atoms with Crippen LogP contribution in [0.5, 0.6) is 0 Å². The van der Waals surface area contributed by atoms with Gasteiger partial charge >= 0.3 is 0 Å². The van der Waals surface area contributed by atoms with Gasteiger partial charge in [-0.25, -0.2) is 0 Å². The summed E-state index contributed by atoms with van der Waals surface area (Å²) in [6.07, 6.45) is 3.78. The van der Waals surface area contributed by atoms with E-state index in [1.165, 1.54) is 0 Å². The Bertz CT molecular complexity index is 603. The molecule has 0 spiro atoms. The molecule has 2 aromatic rings. The molecule has 1 aromatic carbocycles. The number of benzene rings is 1. The Kier molecular flexibility index (Phi) is 4.03. The Morgan fingerprint density at radius 3 is 2.76 bits per heavy atom. The predicted molar refractivity (Wildman–Crippen MR) is 78.6 cm³/mol. The monoisotopic (exact) mass is 287 g/mol. The number of nitrogens with two attached hydrogens (primary N) is 1. The Morgan fingerprint density at radius 2 is 2.05 bits per heavy atom. The van der Waals surface area contributed by atoms with Crippen LogP contribution in [0.1, 0.15) is 49.0 Å². The number of aromatic nitrogens is 2. The lowest BCUT2D eigenvalue weighted by Crippen LogP contribution is -2.31. The van der Waals surface area contributed by atoms with Gasteiger partial charge in [0.25, 0.3) is 0 Å². The lowest BCUT2D eigenvalue weighted by atomic mass is 9.95. The van der Waals surface area contributed by atoms with Gasteiger partial charge in [-0.05, 0) is 37.3 Å². The Labute approximate surface area is 124 Å². The zero-order valence-corrected chi connectivity index (χ0v) is 12.3. The summed E-state index contributed by atoms with van der Waals surface area (Å²) in [7, 11) is 0. The van der Waals surface area contributed by atoms with Crippen molar-refractivity contribution >= 4 is 0 Å². The van der Waals surface area contributed by atoms with E-state index in [-0.39, 0.29) is 0 Å². The fraction of sp³-hybridized carbons (Fsp3) is 0.500. The molecule has 1 saturated heterocycles. The highest BCUT2D eigenvalue weighted by atomic mass is 16.5. The summed E-state index contributed by atoms with van der Waals surface area (Å²) in [6, 6.07) is 8.06. The van der Waals surface area contributed by atoms with Crippen LogP contribution in [0, 0.1) is 0 Å². The molecule has 5 nitrogen and oxygen atoms in total. The molecule has 0 saturated carbocycles. The van der Waals surface area contributed by atoms with Crippen LogP contribution >= 0.6 is 0 Å². The molecule has 0 aliphatic carbocycles. The highest BCUT2D eigenvalue weighted by Crippen LogP contribution is 2.32. The first kappa shape index (κ1) is 14.2. The molecule has 2 heterocycles. The molecule has 5 heteroatoms. The number of hydrogen-bond donors (Lipinski definition) is 1. The topological polar surface area (TPSA) is 74.2 Å². The van der Waals surface area contributed by atoms with Crippen molar-refractivity contribution in [3.8, 4) is 0 Å². The molecule has 1 aliphatic heterocycles. The van der Waals surface area contributed by atoms with Crippen LogP contribution in [0.25, 0.3) is 0 Å². The van der Waals surface area contributed by atoms with E-state index in [4.69, 9.17) is 15.0 Å². The third-order valence-electron chi connectivity index (χ3n) is 4.09. The van der Waals surface area contributed by atoms with E-state index < -0.39 is 5.60 Å². The molecule has 2 N–H and O–H groups in total. The van der Waals surface area contributed by atoms with Crippen LogP contribution in [0.15, 0.2) is 28.8 Å². The Hall–Kier alpha value is -1.72. The van der Waals surface area contributed by atoms with E-state index >= 15 is 0 Å². The summed E-state index contributed by atoms with van der Waals surface area (Å²) in [6.45, 7) is 3.31. The molecule has 21 heavy (non-hydrogen) atoms. The van der Waals surface area contributed by atoms with Gasteiger partial charge in [-0.1, -0.05) is 29.4 Å². The van der Waals surface area contributed by atoms with E-state index in [1.807, 2.05) is 31.2 Å². The third kappa shape index (κ3) is 2.99. The van der Waals surface area contributed by atoms with E-state index in [2.05, 4.69) is 10.1 Å². The number of nitrogens with zero attached hydrogens (tertiary/aromatic N) is 2. The maximum absolute atomic E-state index is 5.85. The average Bonchev–Trinajstić information content (AvgIpc) is 2.98. The van der Waals surface area contributed by atoms with E-state index in [9.17, 15) is 0 Å². The van der Waals surface area contributed by atoms with Crippen molar-refractivity contribution in [2.24, 2.45) is 5.73 Å². The highest BCUT2D eigenvalue weighted by molar-refractivity contribution is 5.29. The van der Waals surface area contributed by atoms with Gasteiger partial charge in [0.1, 0.15) is 5.60 Å². The van der Waals surface area contributed by atoms with Crippen molar-refractivity contribution in [3.63, 3.8) is 0 Å². The molecule has 0 radical (unpaired) electrons. The molecular formula is C16H21N3O2. The Balaban J connectivity index is 1.79. The fourth-order valence-corrected chi connectivity index (χ4v) is 2.74. The molecule has 0 amide bonds. The average molecular weight is 287 g/mol. The summed E-state index contributed by atoms with van der Waals surface area (Å²) in [5.41, 5.74) is 7.59. The van der Waals surface area contributed by atoms with Gasteiger partial charge in [0, 0.05) is 13.2 Å². The van der Waals surface area contributed by atoms with Crippen molar-refractivity contribution in [3.05, 3.63) is 47.1 Å². The second kappa shape index (κ2) is 5.95. The molecule has 112 valence electrons. The van der Waals surface area contributed by atoms with Crippen molar-refractivity contribution < 1.29 is 9.26 Å². The second-order valence-corrected chi connectivity index (χ2v) is 5.70. The summed E-state index contributed by atoms with van der Waals surface area (Å²) in [4.78, 5) is 4.53. The second-order valence-electron chi connectivity index (χ2n) is 5.70. The maximum atomic E-state index is 5.85. The van der Waals surface area contributed by atoms with Gasteiger partial charge < -0.3 is 15.0 Å². The molecule has 1 unspecified atom stereocenters. The SMILES string of the molecule is CC1(c2noc(Cc3ccccc3CN)n2)CCCCO1. The van der Waals surface area contributed by atoms with Gasteiger partial charge in [0.15, 0.2) is 0 Å². The predicted octanol–water partition coefficient (Wildman–Crippen LogP) is 2.53. The summed E-state index contributed by atoms with van der Waals surface area (Å²) < 4.78 is 11.3. The van der Waals surface area contributed by atoms with Gasteiger partial charge in [0.2, 0.25) is 11.7 Å². The smallest absolute Gasteiger partial charge is 0.231 e. The summed E-state index contributed by atoms with van der Waals surface area (Å²) >= 11 is 0. The van der Waals surface area contributed by atoms with Crippen LogP contribution in [0.4, 0.5) is 0 Å². The maximum Gasteiger partial charge on any atom is 0.231 e. The first-order valence-corrected chi connectivity index (χ1v) is 7.45. The van der Waals surface area contributed by atoms with Gasteiger partial charge in [-0.3, -0.25) is 0 Å². The molecular weight excluding hydrogens is 266 g/mol. The van der Waals surface area contributed by atoms with E-state index in [1.54, 1.807) is 0 Å². The molecule has 1 aromatic heterocycles. The minimum absolute atomic E-state index is 0.409. The normalized spacial score (nSPS) is 22.4. The van der Waals surface area contributed by atoms with E-state index in [0.717, 1.165) is 37.0 Å². The zero-order chi connectivity index (χ0) is 14.7. The minimum Gasteiger partial charge on any atom is -0.367 e. The molecule has 1 aliphatic rings. The van der Waals surface area contributed by atoms with E-state index in [0.29, 0.717) is 24.7 Å². The van der Waals surface area contributed by atoms with Gasteiger partial charge in [-0.15, -0.1) is 0 Å². The molecule has 0 bridgehead atoms. The Morgan fingerprint density at radius 1 is 1.24 bits per heavy atom. The first-order chi connectivity index (χ1) is 10.2. The van der Waals surface area contributed by atoms with Crippen molar-refractivity contribution in [1.82, 2.24) is 10.1 Å². The lowest BCUT2D eigenvalue weighted by Gasteiger charge is -2.30. The standard InChI is InChI=1S/C16H21N3O2/c1-16(8-4-5-9-20-16)15-18-14(21-19-15)10-12-6-2-3-7-13(12)11-17/h2-3,6-7H,4-5,8-11,17H2,1H3. The minimum atomic E-state index is -0.409. The van der Waals surface area contributed by atoms with Crippen LogP contribution in [-0.4, -0.2) is 16.7 Å². The number of hydrogen-bond acceptors (Lipinski definition) is 5. The van der Waals surface area contributed by atoms with Gasteiger partial charge in [-0.2, -0.15) is 4.98 Å². The van der Waals surface area contributed by atoms with Crippen LogP contribution in [-0.2, 0) is 23.3 Å².